The van der Waals surface area contributed by atoms with Crippen molar-refractivity contribution in [3.8, 4) is 17.2 Å². The van der Waals surface area contributed by atoms with E-state index >= 15 is 0 Å². The summed E-state index contributed by atoms with van der Waals surface area (Å²) in [5.41, 5.74) is 2.29. The molecule has 0 bridgehead atoms. The van der Waals surface area contributed by atoms with Gasteiger partial charge in [-0.2, -0.15) is 0 Å². The first kappa shape index (κ1) is 21.5. The summed E-state index contributed by atoms with van der Waals surface area (Å²) in [6.45, 7) is 0. The highest BCUT2D eigenvalue weighted by atomic mass is 32.2. The minimum absolute atomic E-state index is 0.0000117. The molecule has 3 aromatic carbocycles. The maximum absolute atomic E-state index is 12.1. The molecule has 0 radical (unpaired) electrons. The number of phenols is 1. The minimum atomic E-state index is -0.525. The number of para-hydroxylation sites is 2. The van der Waals surface area contributed by atoms with Crippen molar-refractivity contribution in [2.24, 2.45) is 0 Å². The molecule has 0 unspecified atom stereocenters. The summed E-state index contributed by atoms with van der Waals surface area (Å²) in [4.78, 5) is 27.6. The molecule has 0 aliphatic rings. The highest BCUT2D eigenvalue weighted by Crippen LogP contribution is 2.35. The van der Waals surface area contributed by atoms with E-state index in [0.717, 1.165) is 5.69 Å². The molecule has 10 heteroatoms. The normalized spacial score (nSPS) is 11.2. The number of benzene rings is 3. The number of methoxy groups -OCH3 is 1. The SMILES string of the molecule is COc1ccccc1-n1c(SCc2cc(=O)oc3cc(O)ccc23)nc2cc([N+](=O)[O-])ccc21. The molecule has 0 spiro atoms. The second-order valence-electron chi connectivity index (χ2n) is 7.39. The van der Waals surface area contributed by atoms with Crippen molar-refractivity contribution in [3.05, 3.63) is 92.8 Å². The van der Waals surface area contributed by atoms with E-state index in [1.54, 1.807) is 19.2 Å². The van der Waals surface area contributed by atoms with Crippen molar-refractivity contribution in [1.82, 2.24) is 9.55 Å². The Labute approximate surface area is 196 Å². The standard InChI is InChI=1S/C24H17N3O6S/c1-32-21-5-3-2-4-20(21)26-19-9-6-15(27(30)31)11-18(19)25-24(26)34-13-14-10-23(29)33-22-12-16(28)7-8-17(14)22/h2-12,28H,13H2,1H3. The van der Waals surface area contributed by atoms with Gasteiger partial charge in [-0.05, 0) is 35.9 Å². The predicted octanol–water partition coefficient (Wildman–Crippen LogP) is 5.05. The number of nitrogens with zero attached hydrogens (tertiary/aromatic N) is 3. The van der Waals surface area contributed by atoms with E-state index in [2.05, 4.69) is 4.98 Å². The van der Waals surface area contributed by atoms with Gasteiger partial charge in [0.05, 0.1) is 28.8 Å². The summed E-state index contributed by atoms with van der Waals surface area (Å²) >= 11 is 1.37. The summed E-state index contributed by atoms with van der Waals surface area (Å²) < 4.78 is 12.6. The number of nitro benzene ring substituents is 1. The second-order valence-corrected chi connectivity index (χ2v) is 8.33. The third-order valence-corrected chi connectivity index (χ3v) is 6.30. The fraction of sp³-hybridized carbons (Fsp3) is 0.0833. The third kappa shape index (κ3) is 3.84. The molecule has 0 aliphatic carbocycles. The van der Waals surface area contributed by atoms with Gasteiger partial charge in [0.1, 0.15) is 17.1 Å². The number of non-ortho nitro benzene ring substituents is 1. The van der Waals surface area contributed by atoms with E-state index < -0.39 is 10.5 Å². The first-order chi connectivity index (χ1) is 16.4. The zero-order valence-corrected chi connectivity index (χ0v) is 18.6. The smallest absolute Gasteiger partial charge is 0.336 e. The largest absolute Gasteiger partial charge is 0.508 e. The van der Waals surface area contributed by atoms with Crippen molar-refractivity contribution >= 4 is 39.5 Å². The third-order valence-electron chi connectivity index (χ3n) is 5.31. The van der Waals surface area contributed by atoms with Crippen LogP contribution in [0.15, 0.2) is 81.1 Å². The Balaban J connectivity index is 1.64. The maximum atomic E-state index is 12.1. The molecule has 0 aliphatic heterocycles. The van der Waals surface area contributed by atoms with Gasteiger partial charge in [0.25, 0.3) is 5.69 Å². The van der Waals surface area contributed by atoms with Gasteiger partial charge in [-0.1, -0.05) is 23.9 Å². The number of aromatic hydroxyl groups is 1. The highest BCUT2D eigenvalue weighted by Gasteiger charge is 2.19. The number of phenolic OH excluding ortho intramolecular Hbond substituents is 1. The molecule has 5 rings (SSSR count). The topological polar surface area (TPSA) is 121 Å². The fourth-order valence-electron chi connectivity index (χ4n) is 3.78. The molecular weight excluding hydrogens is 458 g/mol. The maximum Gasteiger partial charge on any atom is 0.336 e. The Bertz CT molecular complexity index is 1620. The molecule has 170 valence electrons. The molecule has 2 aromatic heterocycles. The van der Waals surface area contributed by atoms with Gasteiger partial charge in [-0.25, -0.2) is 9.78 Å². The van der Waals surface area contributed by atoms with Crippen molar-refractivity contribution in [1.29, 1.82) is 0 Å². The number of rotatable bonds is 6. The number of hydrogen-bond acceptors (Lipinski definition) is 8. The van der Waals surface area contributed by atoms with Crippen LogP contribution in [0.3, 0.4) is 0 Å². The van der Waals surface area contributed by atoms with Crippen LogP contribution in [0.2, 0.25) is 0 Å². The van der Waals surface area contributed by atoms with E-state index in [1.807, 2.05) is 28.8 Å². The molecule has 34 heavy (non-hydrogen) atoms. The number of aromatic nitrogens is 2. The van der Waals surface area contributed by atoms with Crippen LogP contribution in [-0.2, 0) is 5.75 Å². The van der Waals surface area contributed by atoms with Crippen molar-refractivity contribution in [2.45, 2.75) is 10.9 Å². The van der Waals surface area contributed by atoms with Crippen molar-refractivity contribution in [2.75, 3.05) is 7.11 Å². The lowest BCUT2D eigenvalue weighted by Gasteiger charge is -2.13. The van der Waals surface area contributed by atoms with Gasteiger partial charge in [-0.15, -0.1) is 0 Å². The summed E-state index contributed by atoms with van der Waals surface area (Å²) in [6.07, 6.45) is 0. The number of fused-ring (bicyclic) bond motifs is 2. The highest BCUT2D eigenvalue weighted by molar-refractivity contribution is 7.98. The zero-order chi connectivity index (χ0) is 23.8. The Kier molecular flexibility index (Phi) is 5.42. The lowest BCUT2D eigenvalue weighted by Crippen LogP contribution is -2.02. The number of hydrogen-bond donors (Lipinski definition) is 1. The molecule has 2 heterocycles. The Morgan fingerprint density at radius 1 is 1.15 bits per heavy atom. The van der Waals surface area contributed by atoms with Gasteiger partial charge in [0.15, 0.2) is 5.16 Å². The second kappa shape index (κ2) is 8.56. The van der Waals surface area contributed by atoms with Gasteiger partial charge >= 0.3 is 5.63 Å². The van der Waals surface area contributed by atoms with Crippen LogP contribution in [0.1, 0.15) is 5.56 Å². The van der Waals surface area contributed by atoms with Gasteiger partial charge < -0.3 is 14.3 Å². The Hall–Kier alpha value is -4.31. The Morgan fingerprint density at radius 3 is 2.76 bits per heavy atom. The van der Waals surface area contributed by atoms with E-state index in [0.29, 0.717) is 38.6 Å². The monoisotopic (exact) mass is 475 g/mol. The molecule has 0 saturated carbocycles. The zero-order valence-electron chi connectivity index (χ0n) is 17.8. The molecule has 0 amide bonds. The minimum Gasteiger partial charge on any atom is -0.508 e. The molecule has 9 nitrogen and oxygen atoms in total. The van der Waals surface area contributed by atoms with Crippen LogP contribution in [-0.4, -0.2) is 26.7 Å². The number of imidazole rings is 1. The van der Waals surface area contributed by atoms with Gasteiger partial charge in [-0.3, -0.25) is 14.7 Å². The quantitative estimate of drug-likeness (QED) is 0.157. The van der Waals surface area contributed by atoms with Gasteiger partial charge in [0.2, 0.25) is 0 Å². The fourth-order valence-corrected chi connectivity index (χ4v) is 4.80. The molecule has 0 atom stereocenters. The molecule has 1 N–H and O–H groups in total. The van der Waals surface area contributed by atoms with Crippen molar-refractivity contribution in [3.63, 3.8) is 0 Å². The lowest BCUT2D eigenvalue weighted by molar-refractivity contribution is -0.384. The van der Waals surface area contributed by atoms with Crippen molar-refractivity contribution < 1.29 is 19.2 Å². The molecule has 0 fully saturated rings. The first-order valence-corrected chi connectivity index (χ1v) is 11.1. The lowest BCUT2D eigenvalue weighted by atomic mass is 10.1. The van der Waals surface area contributed by atoms with Crippen LogP contribution in [0.5, 0.6) is 11.5 Å². The average molecular weight is 475 g/mol. The summed E-state index contributed by atoms with van der Waals surface area (Å²) in [7, 11) is 1.57. The number of thioether (sulfide) groups is 1. The summed E-state index contributed by atoms with van der Waals surface area (Å²) in [5, 5.41) is 22.3. The van der Waals surface area contributed by atoms with Gasteiger partial charge in [0, 0.05) is 35.4 Å². The predicted molar refractivity (Wildman–Crippen MR) is 128 cm³/mol. The van der Waals surface area contributed by atoms with E-state index in [1.165, 1.54) is 42.1 Å². The Morgan fingerprint density at radius 2 is 1.97 bits per heavy atom. The average Bonchev–Trinajstić information content (AvgIpc) is 3.19. The van der Waals surface area contributed by atoms with E-state index in [-0.39, 0.29) is 17.0 Å². The van der Waals surface area contributed by atoms with Crippen LogP contribution >= 0.6 is 11.8 Å². The van der Waals surface area contributed by atoms with Crippen LogP contribution in [0, 0.1) is 10.1 Å². The molecule has 0 saturated heterocycles. The summed E-state index contributed by atoms with van der Waals surface area (Å²) in [6, 6.07) is 18.0. The van der Waals surface area contributed by atoms with Crippen LogP contribution < -0.4 is 10.4 Å². The number of ether oxygens (including phenoxy) is 1. The first-order valence-electron chi connectivity index (χ1n) is 10.1. The number of nitro groups is 1. The van der Waals surface area contributed by atoms with Crippen LogP contribution in [0.25, 0.3) is 27.7 Å². The van der Waals surface area contributed by atoms with E-state index in [9.17, 15) is 20.0 Å². The molecule has 5 aromatic rings. The van der Waals surface area contributed by atoms with E-state index in [4.69, 9.17) is 9.15 Å². The van der Waals surface area contributed by atoms with Crippen LogP contribution in [0.4, 0.5) is 5.69 Å². The molecular formula is C24H17N3O6S. The summed E-state index contributed by atoms with van der Waals surface area (Å²) in [5.74, 6) is 0.983.